The lowest BCUT2D eigenvalue weighted by molar-refractivity contribution is -0.384. The third-order valence-electron chi connectivity index (χ3n) is 4.09. The lowest BCUT2D eigenvalue weighted by Crippen LogP contribution is -2.25. The molecule has 0 spiro atoms. The molecule has 28 heavy (non-hydrogen) atoms. The molecule has 1 N–H and O–H groups in total. The number of nitrogens with one attached hydrogen (secondary N) is 1. The van der Waals surface area contributed by atoms with Crippen molar-refractivity contribution in [1.29, 1.82) is 0 Å². The van der Waals surface area contributed by atoms with Crippen molar-refractivity contribution < 1.29 is 24.0 Å². The molecular formula is C20H26N2O6. The molecular weight excluding hydrogens is 364 g/mol. The molecule has 1 unspecified atom stereocenters. The predicted molar refractivity (Wildman–Crippen MR) is 105 cm³/mol. The number of non-ortho nitro benzene ring substituents is 1. The van der Waals surface area contributed by atoms with E-state index in [1.54, 1.807) is 46.9 Å². The fraction of sp³-hybridized carbons (Fsp3) is 0.400. The molecule has 0 bridgehead atoms. The lowest BCUT2D eigenvalue weighted by atomic mass is 9.83. The van der Waals surface area contributed by atoms with E-state index in [0.29, 0.717) is 11.3 Å². The van der Waals surface area contributed by atoms with E-state index in [9.17, 15) is 19.7 Å². The molecule has 1 atom stereocenters. The maximum atomic E-state index is 12.7. The van der Waals surface area contributed by atoms with E-state index < -0.39 is 22.8 Å². The van der Waals surface area contributed by atoms with E-state index in [0.717, 1.165) is 0 Å². The molecule has 0 saturated carbocycles. The Morgan fingerprint density at radius 2 is 1.89 bits per heavy atom. The van der Waals surface area contributed by atoms with Crippen LogP contribution in [0.15, 0.2) is 47.2 Å². The number of nitrogens with zero attached hydrogens (tertiary/aromatic N) is 1. The summed E-state index contributed by atoms with van der Waals surface area (Å²) in [4.78, 5) is 36.0. The smallest absolute Gasteiger partial charge is 0.336 e. The Balaban J connectivity index is 3.76. The van der Waals surface area contributed by atoms with Crippen LogP contribution >= 0.6 is 0 Å². The predicted octanol–water partition coefficient (Wildman–Crippen LogP) is 3.24. The molecule has 0 fully saturated rings. The van der Waals surface area contributed by atoms with Crippen molar-refractivity contribution >= 4 is 17.6 Å². The molecule has 0 aromatic heterocycles. The average molecular weight is 390 g/mol. The minimum absolute atomic E-state index is 0.151. The molecule has 0 amide bonds. The third kappa shape index (κ3) is 5.42. The largest absolute Gasteiger partial charge is 0.466 e. The zero-order valence-corrected chi connectivity index (χ0v) is 16.9. The number of methoxy groups -OCH3 is 1. The van der Waals surface area contributed by atoms with Gasteiger partial charge >= 0.3 is 11.9 Å². The maximum Gasteiger partial charge on any atom is 0.336 e. The quantitative estimate of drug-likeness (QED) is 0.314. The first-order valence-electron chi connectivity index (χ1n) is 8.76. The summed E-state index contributed by atoms with van der Waals surface area (Å²) >= 11 is 0. The van der Waals surface area contributed by atoms with E-state index in [-0.39, 0.29) is 22.9 Å². The highest BCUT2D eigenvalue weighted by atomic mass is 16.6. The number of hydrogen-bond acceptors (Lipinski definition) is 7. The molecule has 0 aliphatic heterocycles. The van der Waals surface area contributed by atoms with Crippen LogP contribution < -0.4 is 5.32 Å². The number of carbonyl (C=O) groups excluding carboxylic acids is 2. The van der Waals surface area contributed by atoms with Crippen molar-refractivity contribution in [3.8, 4) is 0 Å². The van der Waals surface area contributed by atoms with E-state index in [4.69, 9.17) is 9.47 Å². The van der Waals surface area contributed by atoms with Crippen LogP contribution in [0.1, 0.15) is 39.2 Å². The molecule has 0 saturated heterocycles. The van der Waals surface area contributed by atoms with E-state index in [1.807, 2.05) is 0 Å². The second kappa shape index (κ2) is 10.2. The standard InChI is InChI=1S/C20H26N2O6/c1-7-16(19(23)28-12(2)3)18(17(13(4)21-5)20(24)27-6)14-9-8-10-15(11-14)22(25)26/h7-12,18,21H,1-6H3/b16-7-,17-13+. The Morgan fingerprint density at radius 3 is 2.36 bits per heavy atom. The van der Waals surface area contributed by atoms with Gasteiger partial charge in [0.15, 0.2) is 0 Å². The van der Waals surface area contributed by atoms with Crippen LogP contribution in [0.25, 0.3) is 0 Å². The zero-order chi connectivity index (χ0) is 21.4. The number of esters is 2. The van der Waals surface area contributed by atoms with Gasteiger partial charge in [-0.3, -0.25) is 10.1 Å². The number of ether oxygens (including phenoxy) is 2. The Bertz CT molecular complexity index is 811. The van der Waals surface area contributed by atoms with Gasteiger partial charge < -0.3 is 14.8 Å². The van der Waals surface area contributed by atoms with Crippen molar-refractivity contribution in [1.82, 2.24) is 5.32 Å². The molecule has 0 radical (unpaired) electrons. The minimum atomic E-state index is -0.906. The Morgan fingerprint density at radius 1 is 1.25 bits per heavy atom. The van der Waals surface area contributed by atoms with Gasteiger partial charge in [-0.1, -0.05) is 18.2 Å². The van der Waals surface area contributed by atoms with Crippen molar-refractivity contribution in [2.75, 3.05) is 14.2 Å². The maximum absolute atomic E-state index is 12.7. The molecule has 1 rings (SSSR count). The van der Waals surface area contributed by atoms with Gasteiger partial charge in [0.1, 0.15) is 0 Å². The Hall–Kier alpha value is -3.16. The van der Waals surface area contributed by atoms with Gasteiger partial charge in [-0.25, -0.2) is 9.59 Å². The van der Waals surface area contributed by atoms with Gasteiger partial charge in [-0.15, -0.1) is 0 Å². The number of nitro groups is 1. The Labute approximate surface area is 164 Å². The Kier molecular flexibility index (Phi) is 8.37. The van der Waals surface area contributed by atoms with Crippen molar-refractivity contribution in [2.45, 2.75) is 39.7 Å². The fourth-order valence-electron chi connectivity index (χ4n) is 2.74. The van der Waals surface area contributed by atoms with Gasteiger partial charge in [0, 0.05) is 36.4 Å². The molecule has 0 aliphatic carbocycles. The second-order valence-electron chi connectivity index (χ2n) is 6.26. The topological polar surface area (TPSA) is 108 Å². The highest BCUT2D eigenvalue weighted by Crippen LogP contribution is 2.36. The number of carbonyl (C=O) groups is 2. The average Bonchev–Trinajstić information content (AvgIpc) is 2.66. The fourth-order valence-corrected chi connectivity index (χ4v) is 2.74. The highest BCUT2D eigenvalue weighted by molar-refractivity contribution is 5.98. The van der Waals surface area contributed by atoms with E-state index in [1.165, 1.54) is 25.3 Å². The highest BCUT2D eigenvalue weighted by Gasteiger charge is 2.33. The van der Waals surface area contributed by atoms with Gasteiger partial charge in [-0.05, 0) is 33.3 Å². The summed E-state index contributed by atoms with van der Waals surface area (Å²) in [7, 11) is 2.86. The zero-order valence-electron chi connectivity index (χ0n) is 16.9. The molecule has 0 heterocycles. The summed E-state index contributed by atoms with van der Waals surface area (Å²) in [6.45, 7) is 6.73. The second-order valence-corrected chi connectivity index (χ2v) is 6.26. The summed E-state index contributed by atoms with van der Waals surface area (Å²) < 4.78 is 10.2. The molecule has 0 aliphatic rings. The number of hydrogen-bond donors (Lipinski definition) is 1. The first kappa shape index (κ1) is 22.9. The van der Waals surface area contributed by atoms with Crippen molar-refractivity contribution in [3.05, 3.63) is 62.9 Å². The van der Waals surface area contributed by atoms with Crippen LogP contribution in [0.2, 0.25) is 0 Å². The summed E-state index contributed by atoms with van der Waals surface area (Å²) in [5.41, 5.74) is 1.07. The summed E-state index contributed by atoms with van der Waals surface area (Å²) in [5, 5.41) is 14.1. The first-order chi connectivity index (χ1) is 13.2. The lowest BCUT2D eigenvalue weighted by Gasteiger charge is -2.24. The summed E-state index contributed by atoms with van der Waals surface area (Å²) in [5.74, 6) is -2.17. The van der Waals surface area contributed by atoms with Gasteiger partial charge in [0.2, 0.25) is 0 Å². The monoisotopic (exact) mass is 390 g/mol. The van der Waals surface area contributed by atoms with Crippen LogP contribution in [0, 0.1) is 10.1 Å². The molecule has 8 nitrogen and oxygen atoms in total. The normalized spacial score (nSPS) is 13.5. The van der Waals surface area contributed by atoms with Gasteiger partial charge in [0.05, 0.1) is 23.7 Å². The van der Waals surface area contributed by atoms with Gasteiger partial charge in [0.25, 0.3) is 5.69 Å². The van der Waals surface area contributed by atoms with Crippen LogP contribution in [0.3, 0.4) is 0 Å². The SMILES string of the molecule is C/C=C(\C(=O)OC(C)C)C(/C(C(=O)OC)=C(/C)NC)c1cccc([N+](=O)[O-])c1. The van der Waals surface area contributed by atoms with E-state index >= 15 is 0 Å². The van der Waals surface area contributed by atoms with Gasteiger partial charge in [-0.2, -0.15) is 0 Å². The summed E-state index contributed by atoms with van der Waals surface area (Å²) in [6, 6.07) is 5.80. The van der Waals surface area contributed by atoms with Crippen LogP contribution in [0.5, 0.6) is 0 Å². The van der Waals surface area contributed by atoms with Crippen LogP contribution in [0.4, 0.5) is 5.69 Å². The minimum Gasteiger partial charge on any atom is -0.466 e. The summed E-state index contributed by atoms with van der Waals surface area (Å²) in [6.07, 6.45) is 1.17. The molecule has 1 aromatic carbocycles. The number of benzene rings is 1. The van der Waals surface area contributed by atoms with Crippen LogP contribution in [-0.2, 0) is 19.1 Å². The number of rotatable bonds is 8. The molecule has 152 valence electrons. The third-order valence-corrected chi connectivity index (χ3v) is 4.09. The van der Waals surface area contributed by atoms with Crippen molar-refractivity contribution in [3.63, 3.8) is 0 Å². The first-order valence-corrected chi connectivity index (χ1v) is 8.76. The van der Waals surface area contributed by atoms with E-state index in [2.05, 4.69) is 5.32 Å². The molecule has 8 heteroatoms. The van der Waals surface area contributed by atoms with Crippen LogP contribution in [-0.4, -0.2) is 37.1 Å². The number of allylic oxidation sites excluding steroid dienone is 2. The van der Waals surface area contributed by atoms with Crippen molar-refractivity contribution in [2.24, 2.45) is 0 Å². The molecule has 1 aromatic rings. The number of nitro benzene ring substituents is 1.